The third kappa shape index (κ3) is 72.3. The number of carbonyl (C=O) groups is 4. The van der Waals surface area contributed by atoms with Crippen molar-refractivity contribution in [2.75, 3.05) is 39.6 Å². The van der Waals surface area contributed by atoms with Crippen LogP contribution in [0.5, 0.6) is 0 Å². The van der Waals surface area contributed by atoms with E-state index in [4.69, 9.17) is 37.0 Å². The Bertz CT molecular complexity index is 2270. The van der Waals surface area contributed by atoms with Gasteiger partial charge in [-0.1, -0.05) is 260 Å². The number of unbranched alkanes of at least 4 members (excludes halogenated alkanes) is 32. The second-order valence-corrected chi connectivity index (χ2v) is 29.2. The van der Waals surface area contributed by atoms with Gasteiger partial charge in [0, 0.05) is 25.7 Å². The first-order valence-electron chi connectivity index (χ1n) is 39.5. The predicted molar refractivity (Wildman–Crippen MR) is 409 cm³/mol. The van der Waals surface area contributed by atoms with Crippen molar-refractivity contribution < 1.29 is 80.2 Å². The van der Waals surface area contributed by atoms with Crippen LogP contribution >= 0.6 is 15.6 Å². The molecule has 0 heterocycles. The lowest BCUT2D eigenvalue weighted by Gasteiger charge is -2.21. The van der Waals surface area contributed by atoms with Crippen LogP contribution in [0.15, 0.2) is 97.2 Å². The molecule has 100 heavy (non-hydrogen) atoms. The molecule has 0 rings (SSSR count). The molecule has 0 aliphatic heterocycles. The summed E-state index contributed by atoms with van der Waals surface area (Å²) in [7, 11) is -9.96. The van der Waals surface area contributed by atoms with E-state index in [0.717, 1.165) is 173 Å². The van der Waals surface area contributed by atoms with Crippen LogP contribution < -0.4 is 0 Å². The minimum atomic E-state index is -4.98. The lowest BCUT2D eigenvalue weighted by molar-refractivity contribution is -0.161. The van der Waals surface area contributed by atoms with Crippen molar-refractivity contribution in [3.8, 4) is 0 Å². The van der Waals surface area contributed by atoms with Crippen molar-refractivity contribution in [1.29, 1.82) is 0 Å². The molecule has 0 amide bonds. The third-order valence-electron chi connectivity index (χ3n) is 16.5. The van der Waals surface area contributed by atoms with Crippen molar-refractivity contribution in [3.05, 3.63) is 97.2 Å². The summed E-state index contributed by atoms with van der Waals surface area (Å²) in [6, 6.07) is 0. The van der Waals surface area contributed by atoms with Gasteiger partial charge in [0.1, 0.15) is 19.3 Å². The molecule has 5 unspecified atom stereocenters. The molecule has 17 nitrogen and oxygen atoms in total. The van der Waals surface area contributed by atoms with Gasteiger partial charge in [0.2, 0.25) is 0 Å². The standard InChI is InChI=1S/C81H142O17P2/c1-5-9-13-17-21-25-29-33-36-37-40-43-46-50-54-58-62-66-79(84)92-72-77(98-81(86)68-64-60-56-52-48-44-39-35-31-27-23-19-15-11-7-3)74-96-100(89,90)94-70-75(82)69-93-99(87,88)95-73-76(97-80(85)67-63-59-55-51-47-41-32-28-24-20-16-12-8-4)71-91-78(83)65-61-57-53-49-45-42-38-34-30-26-22-18-14-10-6-2/h9,13,21,23,25,27-28,32-36,38-40,43,75-77,82H,5-8,10-12,14-20,22,24,26,29-31,37,41-42,44-74H2,1-4H3,(H,87,88)(H,89,90)/b13-9-,25-21-,27-23-,32-28-,36-33-,38-34-,39-35-,43-40-. The Morgan fingerprint density at radius 2 is 0.520 bits per heavy atom. The number of allylic oxidation sites excluding steroid dienone is 16. The van der Waals surface area contributed by atoms with Gasteiger partial charge >= 0.3 is 39.5 Å². The van der Waals surface area contributed by atoms with E-state index in [1.807, 2.05) is 0 Å². The number of rotatable bonds is 74. The highest BCUT2D eigenvalue weighted by atomic mass is 31.2. The first-order chi connectivity index (χ1) is 48.7. The summed E-state index contributed by atoms with van der Waals surface area (Å²) in [6.45, 7) is 4.68. The Kier molecular flexibility index (Phi) is 70.4. The van der Waals surface area contributed by atoms with E-state index in [0.29, 0.717) is 25.7 Å². The van der Waals surface area contributed by atoms with Gasteiger partial charge in [-0.05, 0) is 148 Å². The third-order valence-corrected chi connectivity index (χ3v) is 18.4. The number of aliphatic hydroxyl groups is 1. The molecular formula is C81H142O17P2. The van der Waals surface area contributed by atoms with E-state index >= 15 is 0 Å². The van der Waals surface area contributed by atoms with E-state index in [-0.39, 0.29) is 25.7 Å². The predicted octanol–water partition coefficient (Wildman–Crippen LogP) is 22.8. The molecule has 0 spiro atoms. The average molecular weight is 1450 g/mol. The molecule has 0 saturated heterocycles. The van der Waals surface area contributed by atoms with Gasteiger partial charge < -0.3 is 33.8 Å². The van der Waals surface area contributed by atoms with Gasteiger partial charge in [-0.25, -0.2) is 9.13 Å². The summed E-state index contributed by atoms with van der Waals surface area (Å²) >= 11 is 0. The lowest BCUT2D eigenvalue weighted by Crippen LogP contribution is -2.30. The van der Waals surface area contributed by atoms with Crippen LogP contribution in [-0.2, 0) is 65.4 Å². The largest absolute Gasteiger partial charge is 0.472 e. The fourth-order valence-corrected chi connectivity index (χ4v) is 12.0. The molecule has 3 N–H and O–H groups in total. The number of ether oxygens (including phenoxy) is 4. The van der Waals surface area contributed by atoms with Gasteiger partial charge in [-0.15, -0.1) is 0 Å². The van der Waals surface area contributed by atoms with Gasteiger partial charge in [0.15, 0.2) is 12.2 Å². The molecule has 0 bridgehead atoms. The monoisotopic (exact) mass is 1450 g/mol. The van der Waals surface area contributed by atoms with Crippen molar-refractivity contribution in [1.82, 2.24) is 0 Å². The zero-order valence-electron chi connectivity index (χ0n) is 63.1. The molecule has 0 aliphatic rings. The fourth-order valence-electron chi connectivity index (χ4n) is 10.5. The fraction of sp³-hybridized carbons (Fsp3) is 0.753. The zero-order valence-corrected chi connectivity index (χ0v) is 64.9. The molecule has 0 fully saturated rings. The highest BCUT2D eigenvalue weighted by molar-refractivity contribution is 7.47. The Labute approximate surface area is 607 Å². The van der Waals surface area contributed by atoms with Gasteiger partial charge in [-0.3, -0.25) is 37.3 Å². The molecule has 0 saturated carbocycles. The van der Waals surface area contributed by atoms with E-state index in [2.05, 4.69) is 125 Å². The van der Waals surface area contributed by atoms with Gasteiger partial charge in [-0.2, -0.15) is 0 Å². The smallest absolute Gasteiger partial charge is 0.462 e. The van der Waals surface area contributed by atoms with Gasteiger partial charge in [0.05, 0.1) is 26.4 Å². The summed E-state index contributed by atoms with van der Waals surface area (Å²) in [5, 5.41) is 10.6. The van der Waals surface area contributed by atoms with E-state index in [1.54, 1.807) is 0 Å². The number of phosphoric acid groups is 2. The van der Waals surface area contributed by atoms with Crippen LogP contribution in [0.1, 0.15) is 336 Å². The molecule has 0 aromatic carbocycles. The average Bonchev–Trinajstić information content (AvgIpc) is 1.06. The summed E-state index contributed by atoms with van der Waals surface area (Å²) < 4.78 is 68.5. The maximum Gasteiger partial charge on any atom is 0.472 e. The lowest BCUT2D eigenvalue weighted by atomic mass is 10.1. The van der Waals surface area contributed by atoms with Crippen molar-refractivity contribution in [2.45, 2.75) is 354 Å². The van der Waals surface area contributed by atoms with Crippen LogP contribution in [0.25, 0.3) is 0 Å². The molecule has 0 radical (unpaired) electrons. The van der Waals surface area contributed by atoms with Crippen LogP contribution in [0.2, 0.25) is 0 Å². The number of hydrogen-bond acceptors (Lipinski definition) is 15. The Hall–Kier alpha value is -4.02. The quantitative estimate of drug-likeness (QED) is 0.0169. The zero-order chi connectivity index (χ0) is 73.2. The van der Waals surface area contributed by atoms with E-state index in [1.165, 1.54) is 83.5 Å². The normalized spacial score (nSPS) is 14.4. The Morgan fingerprint density at radius 1 is 0.290 bits per heavy atom. The highest BCUT2D eigenvalue weighted by Gasteiger charge is 2.30. The molecule has 0 aromatic rings. The first kappa shape index (κ1) is 96.0. The maximum atomic E-state index is 13.1. The minimum absolute atomic E-state index is 0.0728. The van der Waals surface area contributed by atoms with Gasteiger partial charge in [0.25, 0.3) is 0 Å². The topological polar surface area (TPSA) is 237 Å². The van der Waals surface area contributed by atoms with Crippen LogP contribution in [0.4, 0.5) is 0 Å². The summed E-state index contributed by atoms with van der Waals surface area (Å²) in [4.78, 5) is 72.9. The molecule has 578 valence electrons. The first-order valence-corrected chi connectivity index (χ1v) is 42.5. The van der Waals surface area contributed by atoms with Crippen LogP contribution in [0.3, 0.4) is 0 Å². The number of esters is 4. The summed E-state index contributed by atoms with van der Waals surface area (Å²) in [6.07, 6.45) is 76.7. The molecule has 0 aromatic heterocycles. The number of carbonyl (C=O) groups excluding carboxylic acids is 4. The second-order valence-electron chi connectivity index (χ2n) is 26.3. The SMILES string of the molecule is CC/C=C\C/C=C\C/C=C\C/C=C\CCCCCCC(=O)OCC(COP(=O)(O)OCC(O)COP(=O)(O)OCC(COC(=O)CCCCCCC/C=C\CCCCCCCC)OC(=O)CCCCCCC/C=C\CCCCCC)OC(=O)CCCCCCC/C=C\C/C=C\CCCCC. The molecule has 19 heteroatoms. The number of aliphatic hydroxyl groups excluding tert-OH is 1. The Balaban J connectivity index is 5.38. The Morgan fingerprint density at radius 3 is 0.840 bits per heavy atom. The second kappa shape index (κ2) is 73.3. The van der Waals surface area contributed by atoms with Crippen molar-refractivity contribution in [2.24, 2.45) is 0 Å². The van der Waals surface area contributed by atoms with Crippen LogP contribution in [0, 0.1) is 0 Å². The van der Waals surface area contributed by atoms with E-state index in [9.17, 15) is 43.2 Å². The van der Waals surface area contributed by atoms with E-state index < -0.39 is 97.5 Å². The number of hydrogen-bond donors (Lipinski definition) is 3. The maximum absolute atomic E-state index is 13.1. The van der Waals surface area contributed by atoms with Crippen molar-refractivity contribution in [3.63, 3.8) is 0 Å². The molecule has 5 atom stereocenters. The molecular weight excluding hydrogens is 1310 g/mol. The van der Waals surface area contributed by atoms with Crippen molar-refractivity contribution >= 4 is 39.5 Å². The van der Waals surface area contributed by atoms with Crippen LogP contribution in [-0.4, -0.2) is 96.7 Å². The highest BCUT2D eigenvalue weighted by Crippen LogP contribution is 2.45. The number of phosphoric ester groups is 2. The summed E-state index contributed by atoms with van der Waals surface area (Å²) in [5.41, 5.74) is 0. The molecule has 0 aliphatic carbocycles. The minimum Gasteiger partial charge on any atom is -0.462 e. The summed E-state index contributed by atoms with van der Waals surface area (Å²) in [5.74, 6) is -2.22.